The summed E-state index contributed by atoms with van der Waals surface area (Å²) in [5.41, 5.74) is -1.10. The molecule has 4 heterocycles. The highest BCUT2D eigenvalue weighted by molar-refractivity contribution is 9.09. The third-order valence-electron chi connectivity index (χ3n) is 7.84. The Morgan fingerprint density at radius 2 is 2.06 bits per heavy atom. The van der Waals surface area contributed by atoms with Crippen molar-refractivity contribution in [1.29, 1.82) is 0 Å². The first-order valence-corrected chi connectivity index (χ1v) is 13.9. The third-order valence-corrected chi connectivity index (χ3v) is 8.68. The molecule has 0 aromatic carbocycles. The second-order valence-corrected chi connectivity index (χ2v) is 11.1. The molecular formula is C25H38BrN3O7. The summed E-state index contributed by atoms with van der Waals surface area (Å²) in [5.74, 6) is -2.39. The second-order valence-electron chi connectivity index (χ2n) is 9.90. The number of hydrogen-bond acceptors (Lipinski definition) is 8. The van der Waals surface area contributed by atoms with Crippen molar-refractivity contribution in [2.75, 3.05) is 65.7 Å². The standard InChI is InChI=1S/C25H38BrN3O7/c1-3-7-28(10-9-27-11-14-34-15-12-27)23(32)21-25-16-17(26)20(36-25)18(24(33)35-4-2)19(25)22(31)29(21)8-5-6-13-30/h3,17-21,30H,1,4-16H2,2H3/t17?,18-,19+,20-,21-,25+/m1/s1. The maximum Gasteiger partial charge on any atom is 0.312 e. The summed E-state index contributed by atoms with van der Waals surface area (Å²) in [4.78, 5) is 46.5. The molecule has 0 radical (unpaired) electrons. The summed E-state index contributed by atoms with van der Waals surface area (Å²) in [6.45, 7) is 10.6. The normalized spacial score (nSPS) is 33.6. The molecule has 0 aromatic rings. The number of amides is 2. The molecule has 0 aromatic heterocycles. The van der Waals surface area contributed by atoms with Crippen molar-refractivity contribution in [3.8, 4) is 0 Å². The summed E-state index contributed by atoms with van der Waals surface area (Å²) < 4.78 is 17.2. The molecule has 0 saturated carbocycles. The van der Waals surface area contributed by atoms with Crippen LogP contribution >= 0.6 is 15.9 Å². The van der Waals surface area contributed by atoms with Crippen LogP contribution in [0, 0.1) is 11.8 Å². The lowest BCUT2D eigenvalue weighted by molar-refractivity contribution is -0.154. The van der Waals surface area contributed by atoms with Gasteiger partial charge in [0, 0.05) is 50.7 Å². The van der Waals surface area contributed by atoms with Crippen LogP contribution < -0.4 is 0 Å². The Morgan fingerprint density at radius 1 is 1.31 bits per heavy atom. The zero-order valence-electron chi connectivity index (χ0n) is 21.0. The third kappa shape index (κ3) is 4.97. The summed E-state index contributed by atoms with van der Waals surface area (Å²) >= 11 is 3.66. The molecule has 1 unspecified atom stereocenters. The fourth-order valence-electron chi connectivity index (χ4n) is 6.26. The van der Waals surface area contributed by atoms with Crippen LogP contribution in [-0.2, 0) is 28.6 Å². The van der Waals surface area contributed by atoms with Crippen molar-refractivity contribution >= 4 is 33.7 Å². The molecular weight excluding hydrogens is 534 g/mol. The Bertz CT molecular complexity index is 838. The molecule has 4 aliphatic rings. The molecule has 6 atom stereocenters. The zero-order chi connectivity index (χ0) is 25.9. The number of esters is 1. The van der Waals surface area contributed by atoms with Crippen LogP contribution in [0.3, 0.4) is 0 Å². The van der Waals surface area contributed by atoms with Crippen molar-refractivity contribution in [3.63, 3.8) is 0 Å². The van der Waals surface area contributed by atoms with Crippen LogP contribution in [0.4, 0.5) is 0 Å². The number of aliphatic hydroxyl groups is 1. The van der Waals surface area contributed by atoms with Gasteiger partial charge in [0.2, 0.25) is 11.8 Å². The van der Waals surface area contributed by atoms with Gasteiger partial charge in [-0.1, -0.05) is 22.0 Å². The highest BCUT2D eigenvalue weighted by Crippen LogP contribution is 2.60. The van der Waals surface area contributed by atoms with Gasteiger partial charge in [-0.05, 0) is 26.2 Å². The highest BCUT2D eigenvalue weighted by Gasteiger charge is 2.77. The van der Waals surface area contributed by atoms with Crippen LogP contribution in [0.25, 0.3) is 0 Å². The number of carbonyl (C=O) groups excluding carboxylic acids is 3. The van der Waals surface area contributed by atoms with Crippen molar-refractivity contribution in [2.24, 2.45) is 11.8 Å². The van der Waals surface area contributed by atoms with E-state index in [1.807, 2.05) is 0 Å². The van der Waals surface area contributed by atoms with E-state index in [1.165, 1.54) is 0 Å². The number of nitrogens with zero attached hydrogens (tertiary/aromatic N) is 3. The lowest BCUT2D eigenvalue weighted by atomic mass is 9.70. The number of rotatable bonds is 12. The molecule has 1 N–H and O–H groups in total. The van der Waals surface area contributed by atoms with Crippen LogP contribution in [0.15, 0.2) is 12.7 Å². The maximum absolute atomic E-state index is 14.2. The number of hydrogen-bond donors (Lipinski definition) is 1. The summed E-state index contributed by atoms with van der Waals surface area (Å²) in [6.07, 6.45) is 2.70. The predicted octanol–water partition coefficient (Wildman–Crippen LogP) is 0.417. The molecule has 10 nitrogen and oxygen atoms in total. The molecule has 0 aliphatic carbocycles. The fraction of sp³-hybridized carbons (Fsp3) is 0.800. The second kappa shape index (κ2) is 11.9. The SMILES string of the molecule is C=CCN(CCN1CCOCC1)C(=O)[C@H]1N(CCCCO)C(=O)[C@@H]2[C@@H](C(=O)OCC)[C@@H]3O[C@@]21CC3Br. The zero-order valence-corrected chi connectivity index (χ0v) is 22.6. The Kier molecular flexibility index (Phi) is 9.09. The first-order valence-electron chi connectivity index (χ1n) is 13.0. The first kappa shape index (κ1) is 27.5. The first-order chi connectivity index (χ1) is 17.4. The number of carbonyl (C=O) groups is 3. The lowest BCUT2D eigenvalue weighted by Gasteiger charge is -2.38. The van der Waals surface area contributed by atoms with Crippen molar-refractivity contribution < 1.29 is 33.7 Å². The summed E-state index contributed by atoms with van der Waals surface area (Å²) in [5, 5.41) is 9.31. The molecule has 2 amide bonds. The number of ether oxygens (including phenoxy) is 3. The van der Waals surface area contributed by atoms with E-state index >= 15 is 0 Å². The van der Waals surface area contributed by atoms with Gasteiger partial charge < -0.3 is 29.1 Å². The number of alkyl halides is 1. The molecule has 36 heavy (non-hydrogen) atoms. The largest absolute Gasteiger partial charge is 0.466 e. The minimum Gasteiger partial charge on any atom is -0.466 e. The quantitative estimate of drug-likeness (QED) is 0.155. The van der Waals surface area contributed by atoms with Gasteiger partial charge in [0.05, 0.1) is 37.8 Å². The molecule has 4 rings (SSSR count). The van der Waals surface area contributed by atoms with Crippen molar-refractivity contribution in [3.05, 3.63) is 12.7 Å². The number of unbranched alkanes of at least 4 members (excludes halogenated alkanes) is 1. The number of fused-ring (bicyclic) bond motifs is 1. The van der Waals surface area contributed by atoms with Gasteiger partial charge >= 0.3 is 5.97 Å². The van der Waals surface area contributed by atoms with Crippen LogP contribution in [0.1, 0.15) is 26.2 Å². The van der Waals surface area contributed by atoms with Crippen LogP contribution in [0.5, 0.6) is 0 Å². The Hall–Kier alpha value is -1.53. The van der Waals surface area contributed by atoms with Gasteiger partial charge in [-0.25, -0.2) is 0 Å². The maximum atomic E-state index is 14.2. The van der Waals surface area contributed by atoms with E-state index in [2.05, 4.69) is 27.4 Å². The number of aliphatic hydroxyl groups excluding tert-OH is 1. The summed E-state index contributed by atoms with van der Waals surface area (Å²) in [6, 6.07) is -0.845. The molecule has 4 saturated heterocycles. The van der Waals surface area contributed by atoms with Gasteiger partial charge in [0.15, 0.2) is 0 Å². The molecule has 1 spiro atoms. The highest BCUT2D eigenvalue weighted by atomic mass is 79.9. The van der Waals surface area contributed by atoms with Gasteiger partial charge in [-0.15, -0.1) is 6.58 Å². The monoisotopic (exact) mass is 571 g/mol. The Labute approximate surface area is 221 Å². The van der Waals surface area contributed by atoms with E-state index in [-0.39, 0.29) is 29.9 Å². The Morgan fingerprint density at radius 3 is 2.72 bits per heavy atom. The topological polar surface area (TPSA) is 109 Å². The summed E-state index contributed by atoms with van der Waals surface area (Å²) in [7, 11) is 0. The van der Waals surface area contributed by atoms with Gasteiger partial charge in [-0.2, -0.15) is 0 Å². The molecule has 11 heteroatoms. The van der Waals surface area contributed by atoms with E-state index in [0.717, 1.165) is 13.1 Å². The minimum atomic E-state index is -1.10. The lowest BCUT2D eigenvalue weighted by Crippen LogP contribution is -2.57. The van der Waals surface area contributed by atoms with Crippen molar-refractivity contribution in [1.82, 2.24) is 14.7 Å². The molecule has 2 bridgehead atoms. The minimum absolute atomic E-state index is 0.00481. The smallest absolute Gasteiger partial charge is 0.312 e. The van der Waals surface area contributed by atoms with E-state index < -0.39 is 35.6 Å². The number of morpholine rings is 1. The van der Waals surface area contributed by atoms with E-state index in [9.17, 15) is 19.5 Å². The van der Waals surface area contributed by atoms with Crippen LogP contribution in [-0.4, -0.2) is 126 Å². The predicted molar refractivity (Wildman–Crippen MR) is 134 cm³/mol. The molecule has 4 aliphatic heterocycles. The fourth-order valence-corrected chi connectivity index (χ4v) is 7.20. The molecule has 4 fully saturated rings. The average molecular weight is 572 g/mol. The molecule has 202 valence electrons. The Balaban J connectivity index is 1.63. The van der Waals surface area contributed by atoms with Crippen LogP contribution in [0.2, 0.25) is 0 Å². The van der Waals surface area contributed by atoms with E-state index in [1.54, 1.807) is 22.8 Å². The van der Waals surface area contributed by atoms with Gasteiger partial charge in [-0.3, -0.25) is 19.3 Å². The van der Waals surface area contributed by atoms with E-state index in [4.69, 9.17) is 14.2 Å². The number of halogens is 1. The van der Waals surface area contributed by atoms with Crippen molar-refractivity contribution in [2.45, 2.75) is 48.8 Å². The van der Waals surface area contributed by atoms with Gasteiger partial charge in [0.1, 0.15) is 11.6 Å². The number of likely N-dealkylation sites (tertiary alicyclic amines) is 1. The van der Waals surface area contributed by atoms with E-state index in [0.29, 0.717) is 58.7 Å². The average Bonchev–Trinajstić information content (AvgIpc) is 3.46. The van der Waals surface area contributed by atoms with Gasteiger partial charge in [0.25, 0.3) is 0 Å².